The van der Waals surface area contributed by atoms with Gasteiger partial charge in [0.1, 0.15) is 0 Å². The standard InChI is InChI=1S/C20H25ClN4O2/c1-24-13-15(12-23-24)4-2-10-22-19(26)17-5-3-11-25(14-17)20(27)16-6-8-18(21)9-7-16/h6-9,12-13,17H,2-5,10-11,14H2,1H3,(H,22,26). The molecule has 144 valence electrons. The lowest BCUT2D eigenvalue weighted by Gasteiger charge is -2.32. The molecule has 27 heavy (non-hydrogen) atoms. The summed E-state index contributed by atoms with van der Waals surface area (Å²) in [4.78, 5) is 26.9. The van der Waals surface area contributed by atoms with Gasteiger partial charge in [-0.05, 0) is 55.5 Å². The molecule has 7 heteroatoms. The largest absolute Gasteiger partial charge is 0.356 e. The number of rotatable bonds is 6. The summed E-state index contributed by atoms with van der Waals surface area (Å²) in [7, 11) is 1.89. The maximum Gasteiger partial charge on any atom is 0.253 e. The Hall–Kier alpha value is -2.34. The minimum Gasteiger partial charge on any atom is -0.356 e. The molecule has 0 spiro atoms. The number of carbonyl (C=O) groups excluding carboxylic acids is 2. The molecule has 1 aromatic heterocycles. The average molecular weight is 389 g/mol. The number of benzene rings is 1. The Morgan fingerprint density at radius 2 is 2.07 bits per heavy atom. The van der Waals surface area contributed by atoms with E-state index in [0.717, 1.165) is 25.7 Å². The zero-order valence-corrected chi connectivity index (χ0v) is 16.3. The molecule has 2 heterocycles. The van der Waals surface area contributed by atoms with Crippen molar-refractivity contribution in [3.63, 3.8) is 0 Å². The number of aryl methyl sites for hydroxylation is 2. The predicted molar refractivity (Wildman–Crippen MR) is 105 cm³/mol. The zero-order valence-electron chi connectivity index (χ0n) is 15.5. The highest BCUT2D eigenvalue weighted by atomic mass is 35.5. The summed E-state index contributed by atoms with van der Waals surface area (Å²) in [6, 6.07) is 6.88. The third-order valence-electron chi connectivity index (χ3n) is 4.87. The molecule has 1 aliphatic rings. The average Bonchev–Trinajstić information content (AvgIpc) is 3.10. The maximum atomic E-state index is 12.6. The van der Waals surface area contributed by atoms with Crippen molar-refractivity contribution in [3.05, 3.63) is 52.8 Å². The Kier molecular flexibility index (Phi) is 6.50. The van der Waals surface area contributed by atoms with Crippen molar-refractivity contribution in [2.45, 2.75) is 25.7 Å². The summed E-state index contributed by atoms with van der Waals surface area (Å²) in [6.45, 7) is 1.79. The van der Waals surface area contributed by atoms with Gasteiger partial charge in [0, 0.05) is 43.5 Å². The van der Waals surface area contributed by atoms with Gasteiger partial charge in [0.2, 0.25) is 5.91 Å². The molecule has 2 amide bonds. The first-order chi connectivity index (χ1) is 13.0. The van der Waals surface area contributed by atoms with Gasteiger partial charge in [-0.2, -0.15) is 5.10 Å². The number of amides is 2. The lowest BCUT2D eigenvalue weighted by atomic mass is 9.96. The first-order valence-electron chi connectivity index (χ1n) is 9.33. The second-order valence-corrected chi connectivity index (χ2v) is 7.45. The van der Waals surface area contributed by atoms with Gasteiger partial charge in [-0.3, -0.25) is 14.3 Å². The summed E-state index contributed by atoms with van der Waals surface area (Å²) in [5.41, 5.74) is 1.78. The van der Waals surface area contributed by atoms with Gasteiger partial charge in [0.25, 0.3) is 5.91 Å². The summed E-state index contributed by atoms with van der Waals surface area (Å²) >= 11 is 5.89. The van der Waals surface area contributed by atoms with Crippen LogP contribution < -0.4 is 5.32 Å². The Labute approximate surface area is 164 Å². The Morgan fingerprint density at radius 3 is 2.78 bits per heavy atom. The van der Waals surface area contributed by atoms with Crippen LogP contribution >= 0.6 is 11.6 Å². The highest BCUT2D eigenvalue weighted by Gasteiger charge is 2.28. The van der Waals surface area contributed by atoms with Crippen LogP contribution in [0.4, 0.5) is 0 Å². The van der Waals surface area contributed by atoms with E-state index >= 15 is 0 Å². The van der Waals surface area contributed by atoms with Gasteiger partial charge < -0.3 is 10.2 Å². The minimum absolute atomic E-state index is 0.0368. The van der Waals surface area contributed by atoms with Gasteiger partial charge in [0.15, 0.2) is 0 Å². The monoisotopic (exact) mass is 388 g/mol. The smallest absolute Gasteiger partial charge is 0.253 e. The van der Waals surface area contributed by atoms with E-state index in [1.54, 1.807) is 33.8 Å². The summed E-state index contributed by atoms with van der Waals surface area (Å²) in [5, 5.41) is 7.76. The molecule has 1 N–H and O–H groups in total. The fourth-order valence-corrected chi connectivity index (χ4v) is 3.53. The van der Waals surface area contributed by atoms with Gasteiger partial charge in [-0.25, -0.2) is 0 Å². The Balaban J connectivity index is 1.46. The first kappa shape index (κ1) is 19.4. The molecule has 0 radical (unpaired) electrons. The van der Waals surface area contributed by atoms with E-state index in [1.165, 1.54) is 5.56 Å². The van der Waals surface area contributed by atoms with Crippen LogP contribution in [0.15, 0.2) is 36.7 Å². The molecule has 1 unspecified atom stereocenters. The van der Waals surface area contributed by atoms with E-state index in [9.17, 15) is 9.59 Å². The quantitative estimate of drug-likeness (QED) is 0.773. The molecule has 0 bridgehead atoms. The van der Waals surface area contributed by atoms with E-state index in [-0.39, 0.29) is 17.7 Å². The van der Waals surface area contributed by atoms with E-state index in [0.29, 0.717) is 30.2 Å². The number of hydrogen-bond donors (Lipinski definition) is 1. The third-order valence-corrected chi connectivity index (χ3v) is 5.12. The molecule has 0 saturated carbocycles. The second-order valence-electron chi connectivity index (χ2n) is 7.01. The number of nitrogens with one attached hydrogen (secondary N) is 1. The Bertz CT molecular complexity index is 788. The van der Waals surface area contributed by atoms with Crippen molar-refractivity contribution < 1.29 is 9.59 Å². The molecule has 6 nitrogen and oxygen atoms in total. The van der Waals surface area contributed by atoms with Crippen molar-refractivity contribution >= 4 is 23.4 Å². The van der Waals surface area contributed by atoms with Crippen molar-refractivity contribution in [1.82, 2.24) is 20.0 Å². The molecular formula is C20H25ClN4O2. The van der Waals surface area contributed by atoms with Crippen LogP contribution in [0.2, 0.25) is 5.02 Å². The molecule has 1 fully saturated rings. The van der Waals surface area contributed by atoms with Crippen molar-refractivity contribution in [3.8, 4) is 0 Å². The SMILES string of the molecule is Cn1cc(CCCNC(=O)C2CCCN(C(=O)c3ccc(Cl)cc3)C2)cn1. The first-order valence-corrected chi connectivity index (χ1v) is 9.71. The number of hydrogen-bond acceptors (Lipinski definition) is 3. The molecule has 2 aromatic rings. The maximum absolute atomic E-state index is 12.6. The van der Waals surface area contributed by atoms with E-state index < -0.39 is 0 Å². The van der Waals surface area contributed by atoms with Gasteiger partial charge in [-0.1, -0.05) is 11.6 Å². The van der Waals surface area contributed by atoms with Crippen LogP contribution in [0.25, 0.3) is 0 Å². The van der Waals surface area contributed by atoms with Gasteiger partial charge >= 0.3 is 0 Å². The van der Waals surface area contributed by atoms with Crippen LogP contribution in [-0.4, -0.2) is 46.1 Å². The molecule has 0 aliphatic carbocycles. The third kappa shape index (κ3) is 5.32. The van der Waals surface area contributed by atoms with E-state index in [1.807, 2.05) is 19.4 Å². The highest BCUT2D eigenvalue weighted by molar-refractivity contribution is 6.30. The van der Waals surface area contributed by atoms with Crippen molar-refractivity contribution in [2.75, 3.05) is 19.6 Å². The molecule has 1 atom stereocenters. The van der Waals surface area contributed by atoms with Crippen molar-refractivity contribution in [1.29, 1.82) is 0 Å². The lowest BCUT2D eigenvalue weighted by Crippen LogP contribution is -2.45. The van der Waals surface area contributed by atoms with E-state index in [2.05, 4.69) is 10.4 Å². The predicted octanol–water partition coefficient (Wildman–Crippen LogP) is 2.67. The van der Waals surface area contributed by atoms with Crippen molar-refractivity contribution in [2.24, 2.45) is 13.0 Å². The number of aromatic nitrogens is 2. The fourth-order valence-electron chi connectivity index (χ4n) is 3.40. The molecule has 1 aromatic carbocycles. The highest BCUT2D eigenvalue weighted by Crippen LogP contribution is 2.20. The van der Waals surface area contributed by atoms with Crippen LogP contribution in [0.5, 0.6) is 0 Å². The molecule has 1 saturated heterocycles. The lowest BCUT2D eigenvalue weighted by molar-refractivity contribution is -0.126. The van der Waals surface area contributed by atoms with Gasteiger partial charge in [-0.15, -0.1) is 0 Å². The molecule has 1 aliphatic heterocycles. The zero-order chi connectivity index (χ0) is 19.2. The van der Waals surface area contributed by atoms with Crippen LogP contribution in [-0.2, 0) is 18.3 Å². The number of nitrogens with zero attached hydrogens (tertiary/aromatic N) is 3. The fraction of sp³-hybridized carbons (Fsp3) is 0.450. The molecule has 3 rings (SSSR count). The summed E-state index contributed by atoms with van der Waals surface area (Å²) in [5.74, 6) is -0.149. The van der Waals surface area contributed by atoms with Crippen LogP contribution in [0.1, 0.15) is 35.2 Å². The number of carbonyl (C=O) groups is 2. The van der Waals surface area contributed by atoms with E-state index in [4.69, 9.17) is 11.6 Å². The Morgan fingerprint density at radius 1 is 1.30 bits per heavy atom. The topological polar surface area (TPSA) is 67.2 Å². The van der Waals surface area contributed by atoms with Gasteiger partial charge in [0.05, 0.1) is 12.1 Å². The second kappa shape index (κ2) is 9.04. The summed E-state index contributed by atoms with van der Waals surface area (Å²) in [6.07, 6.45) is 7.26. The number of piperidine rings is 1. The summed E-state index contributed by atoms with van der Waals surface area (Å²) < 4.78 is 1.78. The van der Waals surface area contributed by atoms with Crippen LogP contribution in [0.3, 0.4) is 0 Å². The molecular weight excluding hydrogens is 364 g/mol. The normalized spacial score (nSPS) is 17.0. The van der Waals surface area contributed by atoms with Crippen LogP contribution in [0, 0.1) is 5.92 Å². The minimum atomic E-state index is -0.145. The number of halogens is 1. The number of likely N-dealkylation sites (tertiary alicyclic amines) is 1.